The maximum absolute atomic E-state index is 4.51. The van der Waals surface area contributed by atoms with Crippen LogP contribution in [-0.4, -0.2) is 15.9 Å². The van der Waals surface area contributed by atoms with Gasteiger partial charge in [0.05, 0.1) is 0 Å². The van der Waals surface area contributed by atoms with E-state index in [0.717, 1.165) is 17.5 Å². The minimum atomic E-state index is 0.339. The fourth-order valence-electron chi connectivity index (χ4n) is 1.25. The zero-order valence-corrected chi connectivity index (χ0v) is 10.5. The molecule has 2 rings (SSSR count). The van der Waals surface area contributed by atoms with Crippen molar-refractivity contribution in [1.29, 1.82) is 0 Å². The van der Waals surface area contributed by atoms with Gasteiger partial charge in [-0.1, -0.05) is 20.8 Å². The molecule has 15 heavy (non-hydrogen) atoms. The number of hydrogen-bond acceptors (Lipinski definition) is 4. The van der Waals surface area contributed by atoms with Gasteiger partial charge in [0, 0.05) is 24.0 Å². The van der Waals surface area contributed by atoms with Crippen LogP contribution in [0.25, 0.3) is 0 Å². The van der Waals surface area contributed by atoms with Crippen LogP contribution in [0.3, 0.4) is 0 Å². The van der Waals surface area contributed by atoms with Crippen LogP contribution in [0.1, 0.15) is 51.8 Å². The van der Waals surface area contributed by atoms with Crippen LogP contribution in [0, 0.1) is 5.41 Å². The van der Waals surface area contributed by atoms with E-state index in [2.05, 4.69) is 35.4 Å². The SMILES string of the molecule is CCC(C)(C)CNc1nc(C2CC2)ns1. The first-order valence-electron chi connectivity index (χ1n) is 5.68. The molecule has 0 unspecified atom stereocenters. The lowest BCUT2D eigenvalue weighted by Crippen LogP contribution is -2.21. The van der Waals surface area contributed by atoms with E-state index in [0.29, 0.717) is 11.3 Å². The molecule has 0 aromatic carbocycles. The molecule has 0 aliphatic heterocycles. The van der Waals surface area contributed by atoms with Crippen LogP contribution in [0.15, 0.2) is 0 Å². The molecule has 1 saturated carbocycles. The Morgan fingerprint density at radius 2 is 2.20 bits per heavy atom. The maximum atomic E-state index is 4.51. The molecule has 1 N–H and O–H groups in total. The van der Waals surface area contributed by atoms with Gasteiger partial charge in [0.1, 0.15) is 5.82 Å². The van der Waals surface area contributed by atoms with E-state index in [9.17, 15) is 0 Å². The Kier molecular flexibility index (Phi) is 2.96. The fraction of sp³-hybridized carbons (Fsp3) is 0.818. The van der Waals surface area contributed by atoms with E-state index in [1.54, 1.807) is 0 Å². The van der Waals surface area contributed by atoms with Crippen molar-refractivity contribution in [3.63, 3.8) is 0 Å². The number of anilines is 1. The van der Waals surface area contributed by atoms with Crippen molar-refractivity contribution in [1.82, 2.24) is 9.36 Å². The van der Waals surface area contributed by atoms with Gasteiger partial charge in [0.15, 0.2) is 0 Å². The molecule has 0 saturated heterocycles. The van der Waals surface area contributed by atoms with Gasteiger partial charge in [-0.25, -0.2) is 4.98 Å². The molecule has 0 atom stereocenters. The lowest BCUT2D eigenvalue weighted by molar-refractivity contribution is 0.377. The summed E-state index contributed by atoms with van der Waals surface area (Å²) in [7, 11) is 0. The highest BCUT2D eigenvalue weighted by atomic mass is 32.1. The van der Waals surface area contributed by atoms with Gasteiger partial charge >= 0.3 is 0 Å². The summed E-state index contributed by atoms with van der Waals surface area (Å²) in [6.07, 6.45) is 3.72. The normalized spacial score (nSPS) is 16.7. The summed E-state index contributed by atoms with van der Waals surface area (Å²) in [5, 5.41) is 4.37. The van der Waals surface area contributed by atoms with Gasteiger partial charge in [-0.2, -0.15) is 4.37 Å². The highest BCUT2D eigenvalue weighted by Gasteiger charge is 2.28. The summed E-state index contributed by atoms with van der Waals surface area (Å²) < 4.78 is 4.37. The molecule has 0 bridgehead atoms. The standard InChI is InChI=1S/C11H19N3S/c1-4-11(2,3)7-12-10-13-9(14-15-10)8-5-6-8/h8H,4-7H2,1-3H3,(H,12,13,14). The number of nitrogens with one attached hydrogen (secondary N) is 1. The second-order valence-electron chi connectivity index (χ2n) is 5.10. The molecule has 0 radical (unpaired) electrons. The van der Waals surface area contributed by atoms with Crippen molar-refractivity contribution in [3.05, 3.63) is 5.82 Å². The molecule has 1 aromatic rings. The lowest BCUT2D eigenvalue weighted by Gasteiger charge is -2.22. The molecule has 1 aromatic heterocycles. The van der Waals surface area contributed by atoms with Crippen LogP contribution in [-0.2, 0) is 0 Å². The average molecular weight is 225 g/mol. The fourth-order valence-corrected chi connectivity index (χ4v) is 1.89. The van der Waals surface area contributed by atoms with E-state index in [4.69, 9.17) is 0 Å². The Labute approximate surface area is 95.5 Å². The summed E-state index contributed by atoms with van der Waals surface area (Å²) in [5.41, 5.74) is 0.339. The van der Waals surface area contributed by atoms with Crippen molar-refractivity contribution in [2.75, 3.05) is 11.9 Å². The molecule has 1 heterocycles. The van der Waals surface area contributed by atoms with Gasteiger partial charge in [0.2, 0.25) is 5.13 Å². The zero-order chi connectivity index (χ0) is 10.9. The van der Waals surface area contributed by atoms with Gasteiger partial charge in [0.25, 0.3) is 0 Å². The molecular formula is C11H19N3S. The zero-order valence-electron chi connectivity index (χ0n) is 9.71. The number of hydrogen-bond donors (Lipinski definition) is 1. The summed E-state index contributed by atoms with van der Waals surface area (Å²) in [4.78, 5) is 4.51. The predicted molar refractivity (Wildman–Crippen MR) is 64.4 cm³/mol. The van der Waals surface area contributed by atoms with E-state index in [1.807, 2.05) is 0 Å². The largest absolute Gasteiger partial charge is 0.360 e. The summed E-state index contributed by atoms with van der Waals surface area (Å²) in [6.45, 7) is 7.73. The highest BCUT2D eigenvalue weighted by Crippen LogP contribution is 2.39. The molecule has 4 heteroatoms. The van der Waals surface area contributed by atoms with Gasteiger partial charge in [-0.05, 0) is 24.7 Å². The van der Waals surface area contributed by atoms with Crippen molar-refractivity contribution in [3.8, 4) is 0 Å². The van der Waals surface area contributed by atoms with Crippen molar-refractivity contribution >= 4 is 16.7 Å². The number of nitrogens with zero attached hydrogens (tertiary/aromatic N) is 2. The molecule has 1 fully saturated rings. The summed E-state index contributed by atoms with van der Waals surface area (Å²) in [5.74, 6) is 1.72. The van der Waals surface area contributed by atoms with Gasteiger partial charge < -0.3 is 5.32 Å². The number of aromatic nitrogens is 2. The van der Waals surface area contributed by atoms with Crippen LogP contribution < -0.4 is 5.32 Å². The Hall–Kier alpha value is -0.640. The molecule has 3 nitrogen and oxygen atoms in total. The molecule has 0 amide bonds. The molecule has 0 spiro atoms. The average Bonchev–Trinajstić information content (AvgIpc) is 2.96. The maximum Gasteiger partial charge on any atom is 0.202 e. The third kappa shape index (κ3) is 2.91. The summed E-state index contributed by atoms with van der Waals surface area (Å²) >= 11 is 1.50. The number of rotatable bonds is 5. The van der Waals surface area contributed by atoms with E-state index < -0.39 is 0 Å². The highest BCUT2D eigenvalue weighted by molar-refractivity contribution is 7.09. The Balaban J connectivity index is 1.87. The van der Waals surface area contributed by atoms with Gasteiger partial charge in [-0.15, -0.1) is 0 Å². The third-order valence-corrected chi connectivity index (χ3v) is 3.75. The Morgan fingerprint density at radius 1 is 1.47 bits per heavy atom. The predicted octanol–water partition coefficient (Wildman–Crippen LogP) is 3.26. The van der Waals surface area contributed by atoms with Crippen molar-refractivity contribution in [2.45, 2.75) is 46.0 Å². The molecular weight excluding hydrogens is 206 g/mol. The quantitative estimate of drug-likeness (QED) is 0.835. The smallest absolute Gasteiger partial charge is 0.202 e. The van der Waals surface area contributed by atoms with Crippen LogP contribution >= 0.6 is 11.5 Å². The molecule has 84 valence electrons. The summed E-state index contributed by atoms with van der Waals surface area (Å²) in [6, 6.07) is 0. The van der Waals surface area contributed by atoms with E-state index in [1.165, 1.54) is 30.8 Å². The molecule has 1 aliphatic rings. The van der Waals surface area contributed by atoms with E-state index >= 15 is 0 Å². The van der Waals surface area contributed by atoms with E-state index in [-0.39, 0.29) is 0 Å². The van der Waals surface area contributed by atoms with Crippen LogP contribution in [0.4, 0.5) is 5.13 Å². The van der Waals surface area contributed by atoms with Crippen LogP contribution in [0.5, 0.6) is 0 Å². The van der Waals surface area contributed by atoms with Crippen molar-refractivity contribution in [2.24, 2.45) is 5.41 Å². The first-order valence-corrected chi connectivity index (χ1v) is 6.45. The first kappa shape index (κ1) is 10.9. The monoisotopic (exact) mass is 225 g/mol. The Morgan fingerprint density at radius 3 is 2.80 bits per heavy atom. The minimum Gasteiger partial charge on any atom is -0.360 e. The van der Waals surface area contributed by atoms with Crippen LogP contribution in [0.2, 0.25) is 0 Å². The van der Waals surface area contributed by atoms with Crippen molar-refractivity contribution < 1.29 is 0 Å². The second-order valence-corrected chi connectivity index (χ2v) is 5.86. The third-order valence-electron chi connectivity index (χ3n) is 3.06. The Bertz CT molecular complexity index is 328. The second kappa shape index (κ2) is 4.08. The minimum absolute atomic E-state index is 0.339. The molecule has 1 aliphatic carbocycles. The topological polar surface area (TPSA) is 37.8 Å². The van der Waals surface area contributed by atoms with Gasteiger partial charge in [-0.3, -0.25) is 0 Å². The first-order chi connectivity index (χ1) is 7.11. The lowest BCUT2D eigenvalue weighted by atomic mass is 9.90.